The van der Waals surface area contributed by atoms with Gasteiger partial charge in [-0.15, -0.1) is 0 Å². The first kappa shape index (κ1) is 12.8. The van der Waals surface area contributed by atoms with Crippen molar-refractivity contribution in [1.82, 2.24) is 10.3 Å². The van der Waals surface area contributed by atoms with E-state index in [2.05, 4.69) is 10.3 Å². The molecule has 0 saturated heterocycles. The Morgan fingerprint density at radius 1 is 1.44 bits per heavy atom. The molecule has 5 heteroatoms. The molecule has 3 N–H and O–H groups in total. The van der Waals surface area contributed by atoms with Crippen LogP contribution in [0.5, 0.6) is 0 Å². The highest BCUT2D eigenvalue weighted by atomic mass is 35.5. The first-order valence-electron chi connectivity index (χ1n) is 5.75. The van der Waals surface area contributed by atoms with E-state index in [0.29, 0.717) is 29.2 Å². The summed E-state index contributed by atoms with van der Waals surface area (Å²) in [5, 5.41) is 4.23. The van der Waals surface area contributed by atoms with Crippen LogP contribution in [0.1, 0.15) is 16.8 Å². The molecule has 0 atom stereocenters. The third kappa shape index (κ3) is 2.78. The maximum Gasteiger partial charge on any atom is 0.252 e. The molecule has 18 heavy (non-hydrogen) atoms. The molecular weight excluding hydrogens is 250 g/mol. The summed E-state index contributed by atoms with van der Waals surface area (Å²) in [6, 6.07) is 7.28. The quantitative estimate of drug-likeness (QED) is 0.829. The summed E-state index contributed by atoms with van der Waals surface area (Å²) in [5.74, 6) is -0.141. The lowest BCUT2D eigenvalue weighted by Crippen LogP contribution is -2.26. The number of aromatic nitrogens is 1. The number of nitrogens with zero attached hydrogens (tertiary/aromatic N) is 1. The second-order valence-corrected chi connectivity index (χ2v) is 4.34. The third-order valence-electron chi connectivity index (χ3n) is 2.59. The van der Waals surface area contributed by atoms with Crippen LogP contribution in [-0.2, 0) is 0 Å². The molecule has 1 heterocycles. The molecule has 0 fully saturated rings. The van der Waals surface area contributed by atoms with Crippen LogP contribution in [0.25, 0.3) is 10.9 Å². The summed E-state index contributed by atoms with van der Waals surface area (Å²) in [7, 11) is 0. The van der Waals surface area contributed by atoms with Crippen LogP contribution in [0.2, 0.25) is 5.02 Å². The van der Waals surface area contributed by atoms with Crippen molar-refractivity contribution in [2.24, 2.45) is 5.73 Å². The minimum Gasteiger partial charge on any atom is -0.352 e. The normalized spacial score (nSPS) is 10.6. The second-order valence-electron chi connectivity index (χ2n) is 3.93. The van der Waals surface area contributed by atoms with Gasteiger partial charge in [-0.05, 0) is 25.1 Å². The lowest BCUT2D eigenvalue weighted by Gasteiger charge is -2.05. The Kier molecular flexibility index (Phi) is 4.12. The van der Waals surface area contributed by atoms with Gasteiger partial charge in [0.25, 0.3) is 5.91 Å². The van der Waals surface area contributed by atoms with E-state index in [1.165, 1.54) is 6.20 Å². The van der Waals surface area contributed by atoms with Gasteiger partial charge in [-0.1, -0.05) is 23.7 Å². The standard InChI is InChI=1S/C13H14ClN3O/c14-11-4-1-3-9-7-10(8-17-12(9)11)13(18)16-6-2-5-15/h1,3-4,7-8H,2,5-6,15H2,(H,16,18). The van der Waals surface area contributed by atoms with Gasteiger partial charge in [-0.3, -0.25) is 9.78 Å². The van der Waals surface area contributed by atoms with Crippen molar-refractivity contribution in [3.8, 4) is 0 Å². The van der Waals surface area contributed by atoms with E-state index in [1.807, 2.05) is 12.1 Å². The lowest BCUT2D eigenvalue weighted by molar-refractivity contribution is 0.0953. The fourth-order valence-corrected chi connectivity index (χ4v) is 1.88. The third-order valence-corrected chi connectivity index (χ3v) is 2.90. The van der Waals surface area contributed by atoms with Crippen molar-refractivity contribution >= 4 is 28.4 Å². The van der Waals surface area contributed by atoms with Gasteiger partial charge in [0.05, 0.1) is 16.1 Å². The van der Waals surface area contributed by atoms with Crippen LogP contribution >= 0.6 is 11.6 Å². The Bertz CT molecular complexity index is 571. The number of hydrogen-bond acceptors (Lipinski definition) is 3. The Balaban J connectivity index is 2.22. The predicted molar refractivity (Wildman–Crippen MR) is 72.8 cm³/mol. The molecule has 94 valence electrons. The Hall–Kier alpha value is -1.65. The van der Waals surface area contributed by atoms with E-state index in [0.717, 1.165) is 11.8 Å². The Morgan fingerprint density at radius 2 is 2.28 bits per heavy atom. The van der Waals surface area contributed by atoms with Crippen molar-refractivity contribution in [1.29, 1.82) is 0 Å². The lowest BCUT2D eigenvalue weighted by atomic mass is 10.1. The van der Waals surface area contributed by atoms with E-state index < -0.39 is 0 Å². The first-order valence-corrected chi connectivity index (χ1v) is 6.12. The van der Waals surface area contributed by atoms with E-state index >= 15 is 0 Å². The van der Waals surface area contributed by atoms with Crippen LogP contribution < -0.4 is 11.1 Å². The second kappa shape index (κ2) is 5.80. The number of carbonyl (C=O) groups excluding carboxylic acids is 1. The van der Waals surface area contributed by atoms with Crippen molar-refractivity contribution in [2.75, 3.05) is 13.1 Å². The van der Waals surface area contributed by atoms with Gasteiger partial charge in [0, 0.05) is 18.1 Å². The molecule has 2 aromatic rings. The molecule has 0 bridgehead atoms. The zero-order valence-corrected chi connectivity index (χ0v) is 10.6. The van der Waals surface area contributed by atoms with Crippen molar-refractivity contribution in [2.45, 2.75) is 6.42 Å². The van der Waals surface area contributed by atoms with Gasteiger partial charge in [-0.2, -0.15) is 0 Å². The van der Waals surface area contributed by atoms with Crippen LogP contribution in [0.4, 0.5) is 0 Å². The number of nitrogens with two attached hydrogens (primary N) is 1. The number of amides is 1. The average Bonchev–Trinajstić information content (AvgIpc) is 2.39. The molecule has 1 amide bonds. The number of rotatable bonds is 4. The maximum atomic E-state index is 11.8. The van der Waals surface area contributed by atoms with E-state index in [1.54, 1.807) is 12.1 Å². The molecule has 0 aliphatic heterocycles. The number of nitrogens with one attached hydrogen (secondary N) is 1. The van der Waals surface area contributed by atoms with Gasteiger partial charge in [0.2, 0.25) is 0 Å². The zero-order chi connectivity index (χ0) is 13.0. The fraction of sp³-hybridized carbons (Fsp3) is 0.231. The van der Waals surface area contributed by atoms with Crippen molar-refractivity contribution in [3.05, 3.63) is 41.0 Å². The largest absolute Gasteiger partial charge is 0.352 e. The van der Waals surface area contributed by atoms with E-state index in [9.17, 15) is 4.79 Å². The molecule has 0 aliphatic rings. The summed E-state index contributed by atoms with van der Waals surface area (Å²) in [6.07, 6.45) is 2.30. The summed E-state index contributed by atoms with van der Waals surface area (Å²) in [5.41, 5.74) is 6.60. The molecule has 0 radical (unpaired) electrons. The van der Waals surface area contributed by atoms with E-state index in [-0.39, 0.29) is 5.91 Å². The van der Waals surface area contributed by atoms with Crippen LogP contribution in [0.15, 0.2) is 30.5 Å². The molecule has 0 unspecified atom stereocenters. The van der Waals surface area contributed by atoms with Gasteiger partial charge in [-0.25, -0.2) is 0 Å². The highest BCUT2D eigenvalue weighted by molar-refractivity contribution is 6.35. The number of benzene rings is 1. The van der Waals surface area contributed by atoms with Gasteiger partial charge in [0.1, 0.15) is 0 Å². The van der Waals surface area contributed by atoms with Crippen molar-refractivity contribution < 1.29 is 4.79 Å². The molecule has 4 nitrogen and oxygen atoms in total. The monoisotopic (exact) mass is 263 g/mol. The topological polar surface area (TPSA) is 68.0 Å². The molecule has 2 rings (SSSR count). The predicted octanol–water partition coefficient (Wildman–Crippen LogP) is 1.97. The van der Waals surface area contributed by atoms with Gasteiger partial charge < -0.3 is 11.1 Å². The Labute approximate surface area is 110 Å². The van der Waals surface area contributed by atoms with Crippen LogP contribution in [0, 0.1) is 0 Å². The minimum atomic E-state index is -0.141. The van der Waals surface area contributed by atoms with Gasteiger partial charge >= 0.3 is 0 Å². The molecule has 0 aliphatic carbocycles. The molecule has 1 aromatic carbocycles. The molecule has 0 spiro atoms. The Morgan fingerprint density at radius 3 is 3.06 bits per heavy atom. The first-order chi connectivity index (χ1) is 8.72. The number of pyridine rings is 1. The van der Waals surface area contributed by atoms with Crippen molar-refractivity contribution in [3.63, 3.8) is 0 Å². The van der Waals surface area contributed by atoms with Gasteiger partial charge in [0.15, 0.2) is 0 Å². The smallest absolute Gasteiger partial charge is 0.252 e. The highest BCUT2D eigenvalue weighted by Gasteiger charge is 2.07. The number of hydrogen-bond donors (Lipinski definition) is 2. The van der Waals surface area contributed by atoms with Crippen LogP contribution in [-0.4, -0.2) is 24.0 Å². The number of halogens is 1. The summed E-state index contributed by atoms with van der Waals surface area (Å²) in [4.78, 5) is 16.0. The molecule has 0 saturated carbocycles. The molecular formula is C13H14ClN3O. The number of fused-ring (bicyclic) bond motifs is 1. The summed E-state index contributed by atoms with van der Waals surface area (Å²) < 4.78 is 0. The zero-order valence-electron chi connectivity index (χ0n) is 9.82. The highest BCUT2D eigenvalue weighted by Crippen LogP contribution is 2.21. The maximum absolute atomic E-state index is 11.8. The van der Waals surface area contributed by atoms with Crippen LogP contribution in [0.3, 0.4) is 0 Å². The minimum absolute atomic E-state index is 0.141. The number of carbonyl (C=O) groups is 1. The number of para-hydroxylation sites is 1. The average molecular weight is 264 g/mol. The summed E-state index contributed by atoms with van der Waals surface area (Å²) >= 11 is 6.01. The van der Waals surface area contributed by atoms with E-state index in [4.69, 9.17) is 17.3 Å². The molecule has 1 aromatic heterocycles. The SMILES string of the molecule is NCCCNC(=O)c1cnc2c(Cl)cccc2c1. The summed E-state index contributed by atoms with van der Waals surface area (Å²) in [6.45, 7) is 1.13. The fourth-order valence-electron chi connectivity index (χ4n) is 1.65.